The Bertz CT molecular complexity index is 933. The molecule has 1 unspecified atom stereocenters. The molecule has 7 nitrogen and oxygen atoms in total. The van der Waals surface area contributed by atoms with E-state index >= 15 is 0 Å². The Morgan fingerprint density at radius 1 is 1.11 bits per heavy atom. The standard InChI is InChI=1S/C21H22N2O5/c1-3-26-21(25)23-16-8-6-9-17(12-16)27-13-20(24)22-14(2)19-11-15-7-4-5-10-18(15)28-19/h4-12,14H,3,13H2,1-2H3,(H,22,24)(H,23,25). The molecule has 0 radical (unpaired) electrons. The van der Waals surface area contributed by atoms with E-state index in [1.54, 1.807) is 31.2 Å². The molecule has 0 fully saturated rings. The summed E-state index contributed by atoms with van der Waals surface area (Å²) >= 11 is 0. The predicted octanol–water partition coefficient (Wildman–Crippen LogP) is 4.26. The highest BCUT2D eigenvalue weighted by Crippen LogP contribution is 2.23. The highest BCUT2D eigenvalue weighted by molar-refractivity contribution is 5.85. The van der Waals surface area contributed by atoms with Crippen molar-refractivity contribution in [1.82, 2.24) is 5.32 Å². The van der Waals surface area contributed by atoms with E-state index in [4.69, 9.17) is 13.9 Å². The van der Waals surface area contributed by atoms with Crippen LogP contribution < -0.4 is 15.4 Å². The van der Waals surface area contributed by atoms with Crippen LogP contribution in [0.25, 0.3) is 11.0 Å². The minimum atomic E-state index is -0.544. The lowest BCUT2D eigenvalue weighted by Gasteiger charge is -2.12. The number of amides is 2. The highest BCUT2D eigenvalue weighted by Gasteiger charge is 2.14. The molecule has 3 aromatic rings. The largest absolute Gasteiger partial charge is 0.484 e. The zero-order valence-corrected chi connectivity index (χ0v) is 15.7. The summed E-state index contributed by atoms with van der Waals surface area (Å²) in [6, 6.07) is 16.0. The molecule has 0 bridgehead atoms. The molecular formula is C21H22N2O5. The lowest BCUT2D eigenvalue weighted by molar-refractivity contribution is -0.123. The maximum absolute atomic E-state index is 12.2. The van der Waals surface area contributed by atoms with Gasteiger partial charge in [-0.1, -0.05) is 24.3 Å². The van der Waals surface area contributed by atoms with Crippen LogP contribution in [0, 0.1) is 0 Å². The molecular weight excluding hydrogens is 360 g/mol. The average Bonchev–Trinajstić information content (AvgIpc) is 3.11. The summed E-state index contributed by atoms with van der Waals surface area (Å²) in [7, 11) is 0. The number of anilines is 1. The van der Waals surface area contributed by atoms with Crippen molar-refractivity contribution in [2.45, 2.75) is 19.9 Å². The summed E-state index contributed by atoms with van der Waals surface area (Å²) in [5.41, 5.74) is 1.30. The van der Waals surface area contributed by atoms with E-state index in [1.165, 1.54) is 0 Å². The number of ether oxygens (including phenoxy) is 2. The minimum Gasteiger partial charge on any atom is -0.484 e. The molecule has 0 aliphatic rings. The Balaban J connectivity index is 1.53. The predicted molar refractivity (Wildman–Crippen MR) is 105 cm³/mol. The molecule has 2 amide bonds. The fourth-order valence-corrected chi connectivity index (χ4v) is 2.67. The van der Waals surface area contributed by atoms with Gasteiger partial charge in [-0.05, 0) is 38.1 Å². The van der Waals surface area contributed by atoms with Gasteiger partial charge in [-0.2, -0.15) is 0 Å². The van der Waals surface area contributed by atoms with E-state index in [-0.39, 0.29) is 25.2 Å². The molecule has 1 heterocycles. The molecule has 0 aliphatic heterocycles. The van der Waals surface area contributed by atoms with Crippen LogP contribution in [0.4, 0.5) is 10.5 Å². The maximum atomic E-state index is 12.2. The molecule has 3 rings (SSSR count). The van der Waals surface area contributed by atoms with Crippen molar-refractivity contribution in [3.63, 3.8) is 0 Å². The van der Waals surface area contributed by atoms with E-state index in [1.807, 2.05) is 37.3 Å². The molecule has 0 aliphatic carbocycles. The van der Waals surface area contributed by atoms with Crippen LogP contribution in [0.1, 0.15) is 25.6 Å². The van der Waals surface area contributed by atoms with Gasteiger partial charge < -0.3 is 19.2 Å². The number of furan rings is 1. The summed E-state index contributed by atoms with van der Waals surface area (Å²) in [5, 5.41) is 6.41. The van der Waals surface area contributed by atoms with Crippen LogP contribution in [-0.4, -0.2) is 25.2 Å². The van der Waals surface area contributed by atoms with Crippen molar-refractivity contribution >= 4 is 28.7 Å². The summed E-state index contributed by atoms with van der Waals surface area (Å²) in [5.74, 6) is 0.854. The lowest BCUT2D eigenvalue weighted by Crippen LogP contribution is -2.31. The van der Waals surface area contributed by atoms with Crippen LogP contribution in [-0.2, 0) is 9.53 Å². The van der Waals surface area contributed by atoms with Gasteiger partial charge in [0.15, 0.2) is 6.61 Å². The molecule has 0 spiro atoms. The van der Waals surface area contributed by atoms with Gasteiger partial charge in [0.1, 0.15) is 17.1 Å². The van der Waals surface area contributed by atoms with E-state index in [2.05, 4.69) is 10.6 Å². The van der Waals surface area contributed by atoms with E-state index in [9.17, 15) is 9.59 Å². The first-order chi connectivity index (χ1) is 13.5. The third kappa shape index (κ3) is 5.03. The number of para-hydroxylation sites is 1. The summed E-state index contributed by atoms with van der Waals surface area (Å²) in [4.78, 5) is 23.7. The Morgan fingerprint density at radius 3 is 2.71 bits per heavy atom. The van der Waals surface area contributed by atoms with Crippen LogP contribution in [0.15, 0.2) is 59.0 Å². The SMILES string of the molecule is CCOC(=O)Nc1cccc(OCC(=O)NC(C)c2cc3ccccc3o2)c1. The fourth-order valence-electron chi connectivity index (χ4n) is 2.67. The van der Waals surface area contributed by atoms with Gasteiger partial charge in [-0.25, -0.2) is 4.79 Å². The van der Waals surface area contributed by atoms with Gasteiger partial charge >= 0.3 is 6.09 Å². The third-order valence-corrected chi connectivity index (χ3v) is 3.97. The van der Waals surface area contributed by atoms with Gasteiger partial charge in [0.25, 0.3) is 5.91 Å². The number of nitrogens with one attached hydrogen (secondary N) is 2. The Labute approximate surface area is 162 Å². The first-order valence-electron chi connectivity index (χ1n) is 8.99. The van der Waals surface area contributed by atoms with Gasteiger partial charge in [0.05, 0.1) is 12.6 Å². The Hall–Kier alpha value is -3.48. The first kappa shape index (κ1) is 19.3. The highest BCUT2D eigenvalue weighted by atomic mass is 16.5. The van der Waals surface area contributed by atoms with Crippen molar-refractivity contribution in [2.75, 3.05) is 18.5 Å². The summed E-state index contributed by atoms with van der Waals surface area (Å²) in [6.45, 7) is 3.70. The van der Waals surface area contributed by atoms with Crippen LogP contribution in [0.3, 0.4) is 0 Å². The normalized spacial score (nSPS) is 11.6. The number of benzene rings is 2. The topological polar surface area (TPSA) is 89.8 Å². The van der Waals surface area contributed by atoms with Crippen LogP contribution >= 0.6 is 0 Å². The van der Waals surface area contributed by atoms with Crippen LogP contribution in [0.2, 0.25) is 0 Å². The summed E-state index contributed by atoms with van der Waals surface area (Å²) < 4.78 is 16.1. The molecule has 146 valence electrons. The van der Waals surface area contributed by atoms with Crippen molar-refractivity contribution in [3.8, 4) is 5.75 Å². The molecule has 1 atom stereocenters. The molecule has 28 heavy (non-hydrogen) atoms. The first-order valence-corrected chi connectivity index (χ1v) is 8.99. The van der Waals surface area contributed by atoms with Crippen LogP contribution in [0.5, 0.6) is 5.75 Å². The van der Waals surface area contributed by atoms with Gasteiger partial charge in [0, 0.05) is 17.1 Å². The number of rotatable bonds is 7. The van der Waals surface area contributed by atoms with E-state index in [0.29, 0.717) is 17.2 Å². The van der Waals surface area contributed by atoms with Gasteiger partial charge in [-0.3, -0.25) is 10.1 Å². The monoisotopic (exact) mass is 382 g/mol. The molecule has 2 N–H and O–H groups in total. The zero-order chi connectivity index (χ0) is 19.9. The number of fused-ring (bicyclic) bond motifs is 1. The zero-order valence-electron chi connectivity index (χ0n) is 15.7. The molecule has 1 aromatic heterocycles. The van der Waals surface area contributed by atoms with Crippen molar-refractivity contribution in [2.24, 2.45) is 0 Å². The smallest absolute Gasteiger partial charge is 0.411 e. The molecule has 7 heteroatoms. The Kier molecular flexibility index (Phi) is 6.16. The second-order valence-electron chi connectivity index (χ2n) is 6.14. The van der Waals surface area contributed by atoms with E-state index < -0.39 is 6.09 Å². The third-order valence-electron chi connectivity index (χ3n) is 3.97. The second kappa shape index (κ2) is 8.94. The van der Waals surface area contributed by atoms with Crippen molar-refractivity contribution in [1.29, 1.82) is 0 Å². The van der Waals surface area contributed by atoms with Crippen molar-refractivity contribution in [3.05, 3.63) is 60.4 Å². The number of carbonyl (C=O) groups excluding carboxylic acids is 2. The fraction of sp³-hybridized carbons (Fsp3) is 0.238. The van der Waals surface area contributed by atoms with Crippen molar-refractivity contribution < 1.29 is 23.5 Å². The van der Waals surface area contributed by atoms with Gasteiger partial charge in [-0.15, -0.1) is 0 Å². The molecule has 2 aromatic carbocycles. The number of hydrogen-bond donors (Lipinski definition) is 2. The maximum Gasteiger partial charge on any atom is 0.411 e. The Morgan fingerprint density at radius 2 is 1.93 bits per heavy atom. The van der Waals surface area contributed by atoms with Gasteiger partial charge in [0.2, 0.25) is 0 Å². The number of carbonyl (C=O) groups is 2. The second-order valence-corrected chi connectivity index (χ2v) is 6.14. The van der Waals surface area contributed by atoms with E-state index in [0.717, 1.165) is 11.0 Å². The molecule has 0 saturated heterocycles. The number of hydrogen-bond acceptors (Lipinski definition) is 5. The molecule has 0 saturated carbocycles. The minimum absolute atomic E-state index is 0.159. The summed E-state index contributed by atoms with van der Waals surface area (Å²) in [6.07, 6.45) is -0.544. The lowest BCUT2D eigenvalue weighted by atomic mass is 10.2. The quantitative estimate of drug-likeness (QED) is 0.637. The average molecular weight is 382 g/mol.